The molecule has 4 nitrogen and oxygen atoms in total. The van der Waals surface area contributed by atoms with Gasteiger partial charge in [-0.3, -0.25) is 0 Å². The molecule has 1 aliphatic heterocycles. The largest absolute Gasteiger partial charge is 0.233 e. The van der Waals surface area contributed by atoms with E-state index in [1.54, 1.807) is 44.7 Å². The normalized spacial score (nSPS) is 19.1. The number of benzene rings is 2. The quantitative estimate of drug-likeness (QED) is 0.286. The highest BCUT2D eigenvalue weighted by Crippen LogP contribution is 2.44. The summed E-state index contributed by atoms with van der Waals surface area (Å²) in [6.07, 6.45) is 0. The summed E-state index contributed by atoms with van der Waals surface area (Å²) in [5, 5.41) is 8.62. The minimum Gasteiger partial charge on any atom is -0.233 e. The Hall–Kier alpha value is -0.330. The Labute approximate surface area is 189 Å². The van der Waals surface area contributed by atoms with Gasteiger partial charge in [-0.15, -0.1) is 22.0 Å². The maximum atomic E-state index is 4.31. The van der Waals surface area contributed by atoms with Gasteiger partial charge in [0.25, 0.3) is 0 Å². The Bertz CT molecular complexity index is 848. The molecular weight excluding hydrogens is 465 g/mol. The van der Waals surface area contributed by atoms with Crippen molar-refractivity contribution >= 4 is 68.2 Å². The van der Waals surface area contributed by atoms with Crippen LogP contribution in [-0.2, 0) is 11.5 Å². The molecule has 28 heavy (non-hydrogen) atoms. The molecule has 0 spiro atoms. The van der Waals surface area contributed by atoms with Crippen molar-refractivity contribution in [2.24, 2.45) is 0 Å². The van der Waals surface area contributed by atoms with Crippen molar-refractivity contribution in [3.8, 4) is 0 Å². The monoisotopic (exact) mass is 482 g/mol. The fraction of sp³-hybridized carbons (Fsp3) is 0.222. The second kappa shape index (κ2) is 11.2. The third-order valence-electron chi connectivity index (χ3n) is 3.61. The van der Waals surface area contributed by atoms with E-state index in [2.05, 4.69) is 75.6 Å². The molecule has 2 heterocycles. The van der Waals surface area contributed by atoms with E-state index in [1.807, 2.05) is 29.6 Å². The molecule has 1 fully saturated rings. The predicted molar refractivity (Wildman–Crippen MR) is 129 cm³/mol. The third-order valence-corrected chi connectivity index (χ3v) is 11.7. The molecule has 2 atom stereocenters. The lowest BCUT2D eigenvalue weighted by molar-refractivity contribution is 0.654. The van der Waals surface area contributed by atoms with Gasteiger partial charge in [-0.25, -0.2) is 10.9 Å². The van der Waals surface area contributed by atoms with Crippen molar-refractivity contribution in [2.45, 2.75) is 29.6 Å². The van der Waals surface area contributed by atoms with Gasteiger partial charge < -0.3 is 0 Å². The van der Waals surface area contributed by atoms with Crippen LogP contribution in [0.1, 0.15) is 11.1 Å². The molecule has 1 saturated heterocycles. The predicted octanol–water partition coefficient (Wildman–Crippen LogP) is 5.91. The number of aromatic nitrogens is 2. The lowest BCUT2D eigenvalue weighted by Gasteiger charge is -2.08. The van der Waals surface area contributed by atoms with Crippen molar-refractivity contribution in [2.75, 3.05) is 0 Å². The van der Waals surface area contributed by atoms with Crippen LogP contribution in [0.25, 0.3) is 0 Å². The summed E-state index contributed by atoms with van der Waals surface area (Å²) >= 11 is 7.21. The zero-order valence-electron chi connectivity index (χ0n) is 14.7. The van der Waals surface area contributed by atoms with Crippen LogP contribution >= 0.6 is 68.2 Å². The van der Waals surface area contributed by atoms with Gasteiger partial charge in [0.2, 0.25) is 0 Å². The first-order valence-electron chi connectivity index (χ1n) is 8.51. The smallest absolute Gasteiger partial charge is 0.185 e. The summed E-state index contributed by atoms with van der Waals surface area (Å²) in [6.45, 7) is 0. The summed E-state index contributed by atoms with van der Waals surface area (Å²) in [5.41, 5.74) is 9.38. The van der Waals surface area contributed by atoms with Crippen molar-refractivity contribution in [3.63, 3.8) is 0 Å². The van der Waals surface area contributed by atoms with E-state index in [-0.39, 0.29) is 0 Å². The first kappa shape index (κ1) is 20.9. The highest BCUT2D eigenvalue weighted by Gasteiger charge is 2.25. The molecule has 3 aromatic rings. The Balaban J connectivity index is 1.16. The van der Waals surface area contributed by atoms with Crippen molar-refractivity contribution in [3.05, 3.63) is 71.8 Å². The molecule has 10 heteroatoms. The Kier molecular flexibility index (Phi) is 8.34. The van der Waals surface area contributed by atoms with E-state index >= 15 is 0 Å². The van der Waals surface area contributed by atoms with E-state index in [4.69, 9.17) is 0 Å². The summed E-state index contributed by atoms with van der Waals surface area (Å²) in [4.78, 5) is 0. The fourth-order valence-corrected chi connectivity index (χ4v) is 9.65. The molecule has 0 bridgehead atoms. The minimum atomic E-state index is 0.294. The average molecular weight is 483 g/mol. The summed E-state index contributed by atoms with van der Waals surface area (Å²) in [7, 11) is 3.47. The summed E-state index contributed by atoms with van der Waals surface area (Å²) in [6, 6.07) is 21.0. The van der Waals surface area contributed by atoms with Gasteiger partial charge in [0.1, 0.15) is 9.41 Å². The van der Waals surface area contributed by atoms with Crippen LogP contribution in [0.2, 0.25) is 0 Å². The first-order valence-corrected chi connectivity index (χ1v) is 14.5. The van der Waals surface area contributed by atoms with Crippen molar-refractivity contribution in [1.29, 1.82) is 0 Å². The average Bonchev–Trinajstić information content (AvgIpc) is 3.40. The van der Waals surface area contributed by atoms with Crippen LogP contribution in [0, 0.1) is 0 Å². The molecule has 0 amide bonds. The number of nitrogens with one attached hydrogen (secondary N) is 2. The van der Waals surface area contributed by atoms with Gasteiger partial charge >= 0.3 is 0 Å². The molecule has 1 aliphatic rings. The van der Waals surface area contributed by atoms with Crippen LogP contribution in [0.4, 0.5) is 0 Å². The highest BCUT2D eigenvalue weighted by molar-refractivity contribution is 8.78. The minimum absolute atomic E-state index is 0.294. The second-order valence-electron chi connectivity index (χ2n) is 5.67. The zero-order chi connectivity index (χ0) is 19.0. The van der Waals surface area contributed by atoms with E-state index < -0.39 is 0 Å². The molecule has 2 N–H and O–H groups in total. The Morgan fingerprint density at radius 3 is 2.18 bits per heavy atom. The van der Waals surface area contributed by atoms with Gasteiger partial charge in [-0.2, -0.15) is 0 Å². The van der Waals surface area contributed by atoms with Gasteiger partial charge in [0.15, 0.2) is 8.68 Å². The fourth-order valence-electron chi connectivity index (χ4n) is 2.28. The Morgan fingerprint density at radius 1 is 0.786 bits per heavy atom. The Morgan fingerprint density at radius 2 is 1.43 bits per heavy atom. The molecule has 0 saturated carbocycles. The molecule has 2 aromatic carbocycles. The molecule has 2 unspecified atom stereocenters. The van der Waals surface area contributed by atoms with Crippen LogP contribution in [0.15, 0.2) is 69.3 Å². The molecule has 4 rings (SSSR count). The zero-order valence-corrected chi connectivity index (χ0v) is 19.6. The molecular formula is C18H18N4S6. The number of nitrogens with zero attached hydrogens (tertiary/aromatic N) is 2. The summed E-state index contributed by atoms with van der Waals surface area (Å²) < 4.78 is 2.67. The van der Waals surface area contributed by atoms with Crippen molar-refractivity contribution < 1.29 is 0 Å². The van der Waals surface area contributed by atoms with Crippen LogP contribution in [-0.4, -0.2) is 19.6 Å². The standard InChI is InChI=1S/C18H18N4S6/c1-3-7-13(8-4-1)11-23-15-19-21-17(25-15)27-28-18-22-20-16(26-18)24-12-14-9-5-2-6-10-14/h1-10,15,17,19,21H,11-12H2. The number of hydrogen-bond acceptors (Lipinski definition) is 10. The van der Waals surface area contributed by atoms with Crippen LogP contribution in [0.5, 0.6) is 0 Å². The molecule has 0 aliphatic carbocycles. The topological polar surface area (TPSA) is 49.8 Å². The van der Waals surface area contributed by atoms with Crippen molar-refractivity contribution in [1.82, 2.24) is 21.0 Å². The van der Waals surface area contributed by atoms with Gasteiger partial charge in [0, 0.05) is 11.5 Å². The maximum absolute atomic E-state index is 4.31. The number of rotatable bonds is 9. The van der Waals surface area contributed by atoms with E-state index in [9.17, 15) is 0 Å². The number of thioether (sulfide) groups is 3. The molecule has 146 valence electrons. The lowest BCUT2D eigenvalue weighted by Crippen LogP contribution is -2.30. The van der Waals surface area contributed by atoms with E-state index in [1.165, 1.54) is 11.1 Å². The molecule has 0 radical (unpaired) electrons. The maximum Gasteiger partial charge on any atom is 0.185 e. The lowest BCUT2D eigenvalue weighted by atomic mass is 10.2. The van der Waals surface area contributed by atoms with E-state index in [0.717, 1.165) is 20.2 Å². The van der Waals surface area contributed by atoms with Gasteiger partial charge in [-0.05, 0) is 21.9 Å². The van der Waals surface area contributed by atoms with Gasteiger partial charge in [0.05, 0.1) is 0 Å². The van der Waals surface area contributed by atoms with Crippen LogP contribution in [0.3, 0.4) is 0 Å². The van der Waals surface area contributed by atoms with E-state index in [0.29, 0.717) is 9.41 Å². The summed E-state index contributed by atoms with van der Waals surface area (Å²) in [5.74, 6) is 1.94. The number of hydrogen-bond donors (Lipinski definition) is 2. The number of hydrazine groups is 1. The molecule has 1 aromatic heterocycles. The SMILES string of the molecule is c1ccc(CSc2nnc(SSC3NNC(SCc4ccccc4)S3)s2)cc1. The first-order chi connectivity index (χ1) is 13.8. The highest BCUT2D eigenvalue weighted by atomic mass is 33.1. The third kappa shape index (κ3) is 6.60. The van der Waals surface area contributed by atoms with Gasteiger partial charge in [-0.1, -0.05) is 106 Å². The second-order valence-corrected chi connectivity index (χ2v) is 13.3. The van der Waals surface area contributed by atoms with Crippen LogP contribution < -0.4 is 10.9 Å².